The normalized spacial score (nSPS) is 11.2. The van der Waals surface area contributed by atoms with Crippen LogP contribution in [0.15, 0.2) is 58.3 Å². The van der Waals surface area contributed by atoms with Crippen molar-refractivity contribution in [2.24, 2.45) is 0 Å². The molecule has 0 bridgehead atoms. The average molecular weight is 298 g/mol. The second-order valence-electron chi connectivity index (χ2n) is 3.69. The fraction of sp³-hybridized carbons (Fsp3) is 0. The van der Waals surface area contributed by atoms with Gasteiger partial charge in [-0.3, -0.25) is 10.1 Å². The smallest absolute Gasteiger partial charge is 0.258 e. The summed E-state index contributed by atoms with van der Waals surface area (Å²) in [6.07, 6.45) is 0. The van der Waals surface area contributed by atoms with E-state index in [0.717, 1.165) is 6.07 Å². The number of hydrogen-bond acceptors (Lipinski definition) is 4. The zero-order valence-electron chi connectivity index (χ0n) is 9.49. The Morgan fingerprint density at radius 3 is 2.37 bits per heavy atom. The Labute approximate surface area is 114 Å². The summed E-state index contributed by atoms with van der Waals surface area (Å²) >= 11 is 5.74. The van der Waals surface area contributed by atoms with Gasteiger partial charge in [0.15, 0.2) is 0 Å². The Balaban J connectivity index is 2.67. The van der Waals surface area contributed by atoms with Gasteiger partial charge in [-0.1, -0.05) is 29.8 Å². The van der Waals surface area contributed by atoms with E-state index in [9.17, 15) is 18.5 Å². The molecule has 0 atom stereocenters. The van der Waals surface area contributed by atoms with Gasteiger partial charge in [0, 0.05) is 11.1 Å². The molecular formula is C12H8ClNO4S. The first-order valence-corrected chi connectivity index (χ1v) is 7.03. The summed E-state index contributed by atoms with van der Waals surface area (Å²) in [6, 6.07) is 10.8. The van der Waals surface area contributed by atoms with Crippen LogP contribution in [0.4, 0.5) is 5.69 Å². The van der Waals surface area contributed by atoms with E-state index in [1.165, 1.54) is 42.5 Å². The molecule has 0 amide bonds. The lowest BCUT2D eigenvalue weighted by atomic mass is 10.3. The largest absolute Gasteiger partial charge is 0.288 e. The van der Waals surface area contributed by atoms with Crippen LogP contribution in [0.2, 0.25) is 5.02 Å². The standard InChI is InChI=1S/C12H8ClNO4S/c13-9-4-3-5-10(8-9)19(17,18)12-7-2-1-6-11(12)14(15)16/h1-8H. The van der Waals surface area contributed by atoms with Crippen LogP contribution in [-0.2, 0) is 9.84 Å². The number of benzene rings is 2. The fourth-order valence-electron chi connectivity index (χ4n) is 1.60. The zero-order valence-corrected chi connectivity index (χ0v) is 11.1. The van der Waals surface area contributed by atoms with Gasteiger partial charge in [-0.05, 0) is 24.3 Å². The predicted molar refractivity (Wildman–Crippen MR) is 70.0 cm³/mol. The number of halogens is 1. The predicted octanol–water partition coefficient (Wildman–Crippen LogP) is 3.08. The molecule has 0 aliphatic heterocycles. The molecule has 19 heavy (non-hydrogen) atoms. The molecule has 2 aromatic carbocycles. The Kier molecular flexibility index (Phi) is 3.55. The maximum Gasteiger partial charge on any atom is 0.288 e. The van der Waals surface area contributed by atoms with Crippen molar-refractivity contribution < 1.29 is 13.3 Å². The average Bonchev–Trinajstić information content (AvgIpc) is 2.38. The highest BCUT2D eigenvalue weighted by Gasteiger charge is 2.26. The number of sulfone groups is 1. The SMILES string of the molecule is O=[N+]([O-])c1ccccc1S(=O)(=O)c1cccc(Cl)c1. The third-order valence-corrected chi connectivity index (χ3v) is 4.49. The second-order valence-corrected chi connectivity index (χ2v) is 6.04. The van der Waals surface area contributed by atoms with E-state index in [4.69, 9.17) is 11.6 Å². The van der Waals surface area contributed by atoms with Crippen molar-refractivity contribution in [1.82, 2.24) is 0 Å². The minimum atomic E-state index is -3.96. The third kappa shape index (κ3) is 2.59. The molecule has 0 spiro atoms. The van der Waals surface area contributed by atoms with Crippen molar-refractivity contribution in [2.75, 3.05) is 0 Å². The summed E-state index contributed by atoms with van der Waals surface area (Å²) < 4.78 is 24.7. The minimum Gasteiger partial charge on any atom is -0.258 e. The minimum absolute atomic E-state index is 0.0747. The molecule has 2 aromatic rings. The fourth-order valence-corrected chi connectivity index (χ4v) is 3.32. The van der Waals surface area contributed by atoms with Gasteiger partial charge in [0.25, 0.3) is 5.69 Å². The number of nitrogens with zero attached hydrogens (tertiary/aromatic N) is 1. The molecule has 0 N–H and O–H groups in total. The first-order chi connectivity index (χ1) is 8.93. The van der Waals surface area contributed by atoms with E-state index in [1.54, 1.807) is 0 Å². The summed E-state index contributed by atoms with van der Waals surface area (Å²) in [4.78, 5) is 9.74. The van der Waals surface area contributed by atoms with Crippen LogP contribution in [0.25, 0.3) is 0 Å². The molecule has 0 unspecified atom stereocenters. The van der Waals surface area contributed by atoms with E-state index in [2.05, 4.69) is 0 Å². The lowest BCUT2D eigenvalue weighted by molar-refractivity contribution is -0.387. The van der Waals surface area contributed by atoms with Crippen LogP contribution >= 0.6 is 11.6 Å². The zero-order chi connectivity index (χ0) is 14.0. The van der Waals surface area contributed by atoms with Gasteiger partial charge in [0.1, 0.15) is 4.90 Å². The third-order valence-electron chi connectivity index (χ3n) is 2.46. The number of para-hydroxylation sites is 1. The van der Waals surface area contributed by atoms with Crippen LogP contribution in [0.1, 0.15) is 0 Å². The van der Waals surface area contributed by atoms with Gasteiger partial charge in [0.2, 0.25) is 9.84 Å². The second kappa shape index (κ2) is 4.99. The molecule has 2 rings (SSSR count). The highest BCUT2D eigenvalue weighted by atomic mass is 35.5. The van der Waals surface area contributed by atoms with Gasteiger partial charge >= 0.3 is 0 Å². The lowest BCUT2D eigenvalue weighted by Gasteiger charge is -2.05. The van der Waals surface area contributed by atoms with E-state index >= 15 is 0 Å². The number of nitro benzene ring substituents is 1. The molecule has 0 aliphatic rings. The molecule has 98 valence electrons. The maximum atomic E-state index is 12.3. The topological polar surface area (TPSA) is 77.3 Å². The van der Waals surface area contributed by atoms with E-state index in [0.29, 0.717) is 0 Å². The summed E-state index contributed by atoms with van der Waals surface area (Å²) in [5, 5.41) is 11.1. The number of rotatable bonds is 3. The van der Waals surface area contributed by atoms with Crippen LogP contribution in [0.3, 0.4) is 0 Å². The quantitative estimate of drug-likeness (QED) is 0.644. The Hall–Kier alpha value is -1.92. The van der Waals surface area contributed by atoms with Crippen molar-refractivity contribution in [1.29, 1.82) is 0 Å². The van der Waals surface area contributed by atoms with E-state index in [1.807, 2.05) is 0 Å². The van der Waals surface area contributed by atoms with E-state index < -0.39 is 20.4 Å². The van der Waals surface area contributed by atoms with Gasteiger partial charge in [-0.15, -0.1) is 0 Å². The molecule has 0 aromatic heterocycles. The Morgan fingerprint density at radius 2 is 1.74 bits per heavy atom. The van der Waals surface area contributed by atoms with E-state index in [-0.39, 0.29) is 14.8 Å². The van der Waals surface area contributed by atoms with Gasteiger partial charge in [-0.2, -0.15) is 0 Å². The Morgan fingerprint density at radius 1 is 1.05 bits per heavy atom. The molecule has 0 saturated carbocycles. The van der Waals surface area contributed by atoms with Crippen molar-refractivity contribution in [3.8, 4) is 0 Å². The van der Waals surface area contributed by atoms with Crippen LogP contribution < -0.4 is 0 Å². The maximum absolute atomic E-state index is 12.3. The monoisotopic (exact) mass is 297 g/mol. The van der Waals surface area contributed by atoms with Gasteiger partial charge < -0.3 is 0 Å². The highest BCUT2D eigenvalue weighted by molar-refractivity contribution is 7.91. The summed E-state index contributed by atoms with van der Waals surface area (Å²) in [6.45, 7) is 0. The first kappa shape index (κ1) is 13.5. The van der Waals surface area contributed by atoms with Crippen LogP contribution in [-0.4, -0.2) is 13.3 Å². The lowest BCUT2D eigenvalue weighted by Crippen LogP contribution is -2.05. The van der Waals surface area contributed by atoms with Crippen molar-refractivity contribution >= 4 is 27.1 Å². The van der Waals surface area contributed by atoms with Crippen LogP contribution in [0.5, 0.6) is 0 Å². The first-order valence-electron chi connectivity index (χ1n) is 5.17. The molecule has 7 heteroatoms. The molecular weight excluding hydrogens is 290 g/mol. The molecule has 0 heterocycles. The van der Waals surface area contributed by atoms with Crippen molar-refractivity contribution in [3.05, 3.63) is 63.7 Å². The summed E-state index contributed by atoms with van der Waals surface area (Å²) in [5.74, 6) is 0. The number of nitro groups is 1. The molecule has 0 saturated heterocycles. The molecule has 0 aliphatic carbocycles. The summed E-state index contributed by atoms with van der Waals surface area (Å²) in [5.41, 5.74) is -0.456. The molecule has 0 fully saturated rings. The van der Waals surface area contributed by atoms with Gasteiger partial charge in [0.05, 0.1) is 9.82 Å². The molecule has 5 nitrogen and oxygen atoms in total. The molecule has 0 radical (unpaired) electrons. The number of hydrogen-bond donors (Lipinski definition) is 0. The van der Waals surface area contributed by atoms with Gasteiger partial charge in [-0.25, -0.2) is 8.42 Å². The highest BCUT2D eigenvalue weighted by Crippen LogP contribution is 2.29. The Bertz CT molecular complexity index is 743. The van der Waals surface area contributed by atoms with Crippen molar-refractivity contribution in [2.45, 2.75) is 9.79 Å². The van der Waals surface area contributed by atoms with Crippen LogP contribution in [0, 0.1) is 10.1 Å². The van der Waals surface area contributed by atoms with Crippen molar-refractivity contribution in [3.63, 3.8) is 0 Å². The summed E-state index contributed by atoms with van der Waals surface area (Å²) in [7, 11) is -3.96.